The second-order valence-electron chi connectivity index (χ2n) is 10.1. The minimum absolute atomic E-state index is 0.150. The predicted molar refractivity (Wildman–Crippen MR) is 149 cm³/mol. The van der Waals surface area contributed by atoms with Crippen LogP contribution in [-0.4, -0.2) is 56.3 Å². The molecule has 0 saturated carbocycles. The molecule has 1 N–H and O–H groups in total. The van der Waals surface area contributed by atoms with Crippen molar-refractivity contribution in [3.8, 4) is 0 Å². The van der Waals surface area contributed by atoms with Gasteiger partial charge in [0.05, 0.1) is 12.1 Å². The Hall–Kier alpha value is -4.37. The maximum Gasteiger partial charge on any atom is 0.253 e. The number of piperazine rings is 1. The Labute approximate surface area is 225 Å². The van der Waals surface area contributed by atoms with Gasteiger partial charge in [-0.15, -0.1) is 5.10 Å². The quantitative estimate of drug-likeness (QED) is 0.359. The number of para-hydroxylation sites is 1. The van der Waals surface area contributed by atoms with Crippen molar-refractivity contribution in [2.45, 2.75) is 26.4 Å². The van der Waals surface area contributed by atoms with Crippen LogP contribution in [0, 0.1) is 19.7 Å². The lowest BCUT2D eigenvalue weighted by Crippen LogP contribution is -2.49. The summed E-state index contributed by atoms with van der Waals surface area (Å²) in [6, 6.07) is 22.3. The number of anilines is 1. The molecule has 3 aromatic carbocycles. The van der Waals surface area contributed by atoms with Crippen LogP contribution in [-0.2, 0) is 6.54 Å². The summed E-state index contributed by atoms with van der Waals surface area (Å²) in [5.41, 5.74) is 5.55. The first kappa shape index (κ1) is 24.9. The highest BCUT2D eigenvalue weighted by molar-refractivity contribution is 5.83. The Kier molecular flexibility index (Phi) is 6.66. The van der Waals surface area contributed by atoms with Gasteiger partial charge in [0.1, 0.15) is 11.9 Å². The van der Waals surface area contributed by atoms with Crippen LogP contribution in [0.25, 0.3) is 10.9 Å². The fourth-order valence-electron chi connectivity index (χ4n) is 5.40. The zero-order valence-corrected chi connectivity index (χ0v) is 22.0. The Morgan fingerprint density at radius 1 is 0.949 bits per heavy atom. The van der Waals surface area contributed by atoms with E-state index in [1.807, 2.05) is 44.2 Å². The van der Waals surface area contributed by atoms with Crippen LogP contribution in [0.5, 0.6) is 0 Å². The minimum Gasteiger partial charge on any atom is -0.369 e. The largest absolute Gasteiger partial charge is 0.369 e. The van der Waals surface area contributed by atoms with E-state index in [0.717, 1.165) is 53.8 Å². The summed E-state index contributed by atoms with van der Waals surface area (Å²) < 4.78 is 15.2. The molecule has 1 aliphatic heterocycles. The highest BCUT2D eigenvalue weighted by atomic mass is 19.1. The molecular weight excluding hydrogens is 493 g/mol. The molecule has 5 aromatic rings. The van der Waals surface area contributed by atoms with Gasteiger partial charge in [0, 0.05) is 37.4 Å². The Morgan fingerprint density at radius 3 is 2.44 bits per heavy atom. The van der Waals surface area contributed by atoms with Crippen molar-refractivity contribution in [2.75, 3.05) is 31.1 Å². The summed E-state index contributed by atoms with van der Waals surface area (Å²) in [4.78, 5) is 21.4. The third-order valence-electron chi connectivity index (χ3n) is 7.72. The van der Waals surface area contributed by atoms with Gasteiger partial charge >= 0.3 is 0 Å². The van der Waals surface area contributed by atoms with Crippen molar-refractivity contribution in [3.05, 3.63) is 117 Å². The summed E-state index contributed by atoms with van der Waals surface area (Å²) in [7, 11) is 0. The first-order valence-electron chi connectivity index (χ1n) is 13.2. The number of benzene rings is 3. The zero-order valence-electron chi connectivity index (χ0n) is 22.0. The second-order valence-corrected chi connectivity index (χ2v) is 10.1. The Morgan fingerprint density at radius 2 is 1.69 bits per heavy atom. The molecule has 2 aromatic heterocycles. The molecule has 0 aliphatic carbocycles. The van der Waals surface area contributed by atoms with Gasteiger partial charge in [-0.1, -0.05) is 42.5 Å². The predicted octanol–water partition coefficient (Wildman–Crippen LogP) is 4.23. The molecule has 0 spiro atoms. The lowest BCUT2D eigenvalue weighted by molar-refractivity contribution is 0.200. The van der Waals surface area contributed by atoms with Crippen LogP contribution >= 0.6 is 0 Å². The van der Waals surface area contributed by atoms with E-state index < -0.39 is 6.04 Å². The number of halogens is 1. The van der Waals surface area contributed by atoms with E-state index in [-0.39, 0.29) is 11.4 Å². The molecule has 6 rings (SSSR count). The number of tetrazole rings is 1. The van der Waals surface area contributed by atoms with Gasteiger partial charge < -0.3 is 9.88 Å². The smallest absolute Gasteiger partial charge is 0.253 e. The number of aryl methyl sites for hydroxylation is 2. The third-order valence-corrected chi connectivity index (χ3v) is 7.72. The van der Waals surface area contributed by atoms with E-state index >= 15 is 0 Å². The van der Waals surface area contributed by atoms with Gasteiger partial charge in [-0.3, -0.25) is 9.69 Å². The van der Waals surface area contributed by atoms with Crippen LogP contribution in [0.15, 0.2) is 77.6 Å². The monoisotopic (exact) mass is 523 g/mol. The lowest BCUT2D eigenvalue weighted by atomic mass is 9.99. The summed E-state index contributed by atoms with van der Waals surface area (Å²) in [5.74, 6) is 0.291. The van der Waals surface area contributed by atoms with E-state index in [9.17, 15) is 9.18 Å². The molecule has 1 saturated heterocycles. The molecule has 0 amide bonds. The van der Waals surface area contributed by atoms with Crippen molar-refractivity contribution in [1.82, 2.24) is 30.1 Å². The molecule has 0 unspecified atom stereocenters. The van der Waals surface area contributed by atoms with E-state index in [2.05, 4.69) is 48.5 Å². The molecular formula is C30H30FN7O. The van der Waals surface area contributed by atoms with E-state index in [1.54, 1.807) is 16.8 Å². The highest BCUT2D eigenvalue weighted by Gasteiger charge is 2.33. The number of rotatable bonds is 6. The summed E-state index contributed by atoms with van der Waals surface area (Å²) in [6.07, 6.45) is 0. The average molecular weight is 524 g/mol. The van der Waals surface area contributed by atoms with Crippen molar-refractivity contribution < 1.29 is 4.39 Å². The molecule has 3 heterocycles. The fourth-order valence-corrected chi connectivity index (χ4v) is 5.40. The molecule has 1 aliphatic rings. The molecule has 0 bridgehead atoms. The maximum atomic E-state index is 13.7. The number of hydrogen-bond acceptors (Lipinski definition) is 6. The van der Waals surface area contributed by atoms with Crippen LogP contribution < -0.4 is 10.5 Å². The SMILES string of the molecule is Cc1ccc2cc([C@@H](c3nnnn3Cc3ccc(F)cc3)N3CCN(c4ccccc4)CC3)c(=O)[nH]c2c1C. The number of aromatic amines is 1. The Balaban J connectivity index is 1.40. The molecule has 39 heavy (non-hydrogen) atoms. The highest BCUT2D eigenvalue weighted by Crippen LogP contribution is 2.30. The average Bonchev–Trinajstić information content (AvgIpc) is 3.41. The van der Waals surface area contributed by atoms with Crippen LogP contribution in [0.1, 0.15) is 34.1 Å². The molecule has 1 atom stereocenters. The van der Waals surface area contributed by atoms with Gasteiger partial charge in [0.15, 0.2) is 5.82 Å². The molecule has 9 heteroatoms. The standard InChI is InChI=1S/C30H30FN7O/c1-20-8-11-23-18-26(30(39)32-27(23)21(20)2)28(37-16-14-36(15-17-37)25-6-4-3-5-7-25)29-33-34-35-38(29)19-22-9-12-24(31)13-10-22/h3-13,18,28H,14-17,19H2,1-2H3,(H,32,39)/t28-/m0/s1. The van der Waals surface area contributed by atoms with E-state index in [0.29, 0.717) is 17.9 Å². The number of nitrogens with zero attached hydrogens (tertiary/aromatic N) is 6. The van der Waals surface area contributed by atoms with Gasteiger partial charge in [-0.25, -0.2) is 9.07 Å². The van der Waals surface area contributed by atoms with Crippen molar-refractivity contribution in [1.29, 1.82) is 0 Å². The zero-order chi connectivity index (χ0) is 26.9. The van der Waals surface area contributed by atoms with Crippen LogP contribution in [0.3, 0.4) is 0 Å². The fraction of sp³-hybridized carbons (Fsp3) is 0.267. The summed E-state index contributed by atoms with van der Waals surface area (Å²) >= 11 is 0. The molecule has 0 radical (unpaired) electrons. The van der Waals surface area contributed by atoms with Crippen molar-refractivity contribution in [3.63, 3.8) is 0 Å². The third kappa shape index (κ3) is 4.93. The van der Waals surface area contributed by atoms with Crippen LogP contribution in [0.4, 0.5) is 10.1 Å². The second kappa shape index (κ2) is 10.4. The number of H-pyrrole nitrogens is 1. The lowest BCUT2D eigenvalue weighted by Gasteiger charge is -2.39. The van der Waals surface area contributed by atoms with Gasteiger partial charge in [-0.05, 0) is 76.7 Å². The van der Waals surface area contributed by atoms with E-state index in [1.165, 1.54) is 17.8 Å². The number of hydrogen-bond donors (Lipinski definition) is 1. The molecule has 1 fully saturated rings. The number of pyridine rings is 1. The van der Waals surface area contributed by atoms with Crippen molar-refractivity contribution >= 4 is 16.6 Å². The van der Waals surface area contributed by atoms with Crippen LogP contribution in [0.2, 0.25) is 0 Å². The first-order chi connectivity index (χ1) is 19.0. The number of nitrogens with one attached hydrogen (secondary N) is 1. The first-order valence-corrected chi connectivity index (χ1v) is 13.2. The number of fused-ring (bicyclic) bond motifs is 1. The summed E-state index contributed by atoms with van der Waals surface area (Å²) in [5, 5.41) is 13.7. The minimum atomic E-state index is -0.451. The maximum absolute atomic E-state index is 13.7. The topological polar surface area (TPSA) is 82.9 Å². The molecule has 8 nitrogen and oxygen atoms in total. The summed E-state index contributed by atoms with van der Waals surface area (Å²) in [6.45, 7) is 7.51. The molecule has 198 valence electrons. The normalized spacial score (nSPS) is 15.1. The Bertz CT molecular complexity index is 1660. The van der Waals surface area contributed by atoms with Gasteiger partial charge in [-0.2, -0.15) is 0 Å². The van der Waals surface area contributed by atoms with Gasteiger partial charge in [0.25, 0.3) is 5.56 Å². The van der Waals surface area contributed by atoms with Crippen molar-refractivity contribution in [2.24, 2.45) is 0 Å². The number of aromatic nitrogens is 5. The van der Waals surface area contributed by atoms with Gasteiger partial charge in [0.2, 0.25) is 0 Å². The van der Waals surface area contributed by atoms with E-state index in [4.69, 9.17) is 0 Å².